The summed E-state index contributed by atoms with van der Waals surface area (Å²) in [6.07, 6.45) is 2.73. The summed E-state index contributed by atoms with van der Waals surface area (Å²) in [5.41, 5.74) is 0. The van der Waals surface area contributed by atoms with Crippen molar-refractivity contribution >= 4 is 0 Å². The van der Waals surface area contributed by atoms with Crippen LogP contribution in [0, 0.1) is 0 Å². The van der Waals surface area contributed by atoms with Gasteiger partial charge in [0.2, 0.25) is 0 Å². The van der Waals surface area contributed by atoms with Crippen molar-refractivity contribution in [2.24, 2.45) is 0 Å². The second-order valence-electron chi connectivity index (χ2n) is 0.852. The minimum atomic E-state index is -0.407. The second kappa shape index (κ2) is 2.23. The van der Waals surface area contributed by atoms with Crippen LogP contribution in [-0.4, -0.2) is 4.98 Å². The van der Waals surface area contributed by atoms with Gasteiger partial charge in [-0.1, -0.05) is 7.43 Å². The minimum absolute atomic E-state index is 0. The first-order chi connectivity index (χ1) is 2.89. The normalized spacial score (nSPS) is 7.43. The first-order valence-corrected chi connectivity index (χ1v) is 1.52. The number of H-pyrrole nitrogens is 1. The number of rotatable bonds is 0. The fraction of sp³-hybridized carbons (Fsp3) is 0.250. The van der Waals surface area contributed by atoms with Gasteiger partial charge in [0.25, 0.3) is 0 Å². The van der Waals surface area contributed by atoms with E-state index in [1.807, 2.05) is 0 Å². The van der Waals surface area contributed by atoms with Gasteiger partial charge in [-0.25, -0.2) is 4.79 Å². The number of hydrogen-bond acceptors (Lipinski definition) is 2. The predicted molar refractivity (Wildman–Crippen MR) is 26.1 cm³/mol. The smallest absolute Gasteiger partial charge is 0.416 e. The molecule has 3 heteroatoms. The Morgan fingerprint density at radius 3 is 2.57 bits per heavy atom. The lowest BCUT2D eigenvalue weighted by Crippen LogP contribution is -1.91. The molecule has 0 unspecified atom stereocenters. The molecule has 0 radical (unpaired) electrons. The van der Waals surface area contributed by atoms with Gasteiger partial charge in [0.15, 0.2) is 0 Å². The molecule has 0 aliphatic carbocycles. The zero-order valence-corrected chi connectivity index (χ0v) is 2.97. The van der Waals surface area contributed by atoms with Crippen LogP contribution in [0.25, 0.3) is 0 Å². The molecule has 0 bridgehead atoms. The van der Waals surface area contributed by atoms with Crippen molar-refractivity contribution in [1.82, 2.24) is 4.98 Å². The highest BCUT2D eigenvalue weighted by atomic mass is 16.4. The van der Waals surface area contributed by atoms with Crippen LogP contribution in [0.15, 0.2) is 21.7 Å². The Morgan fingerprint density at radius 1 is 1.71 bits per heavy atom. The molecule has 0 aliphatic rings. The summed E-state index contributed by atoms with van der Waals surface area (Å²) in [6.45, 7) is 0. The molecule has 40 valence electrons. The van der Waals surface area contributed by atoms with Gasteiger partial charge >= 0.3 is 5.76 Å². The van der Waals surface area contributed by atoms with E-state index < -0.39 is 5.76 Å². The van der Waals surface area contributed by atoms with Gasteiger partial charge in [-0.05, 0) is 0 Å². The van der Waals surface area contributed by atoms with Gasteiger partial charge in [-0.15, -0.1) is 0 Å². The Labute approximate surface area is 41.0 Å². The first kappa shape index (κ1) is 6.01. The molecule has 0 aromatic carbocycles. The highest BCUT2D eigenvalue weighted by Crippen LogP contribution is 1.62. The van der Waals surface area contributed by atoms with Crippen LogP contribution >= 0.6 is 0 Å². The van der Waals surface area contributed by atoms with Crippen LogP contribution in [0.5, 0.6) is 0 Å². The van der Waals surface area contributed by atoms with E-state index in [0.717, 1.165) is 0 Å². The topological polar surface area (TPSA) is 46.0 Å². The molecule has 1 rings (SSSR count). The third-order valence-electron chi connectivity index (χ3n) is 0.444. The molecule has 1 aromatic rings. The van der Waals surface area contributed by atoms with E-state index in [1.165, 1.54) is 12.5 Å². The van der Waals surface area contributed by atoms with E-state index in [9.17, 15) is 4.79 Å². The Bertz CT molecular complexity index is 147. The van der Waals surface area contributed by atoms with Crippen LogP contribution in [0.3, 0.4) is 0 Å². The summed E-state index contributed by atoms with van der Waals surface area (Å²) in [5, 5.41) is 0. The van der Waals surface area contributed by atoms with Gasteiger partial charge in [-0.2, -0.15) is 0 Å². The maximum Gasteiger partial charge on any atom is 0.416 e. The lowest BCUT2D eigenvalue weighted by atomic mass is 11.0. The van der Waals surface area contributed by atoms with Crippen molar-refractivity contribution in [2.75, 3.05) is 0 Å². The summed E-state index contributed by atoms with van der Waals surface area (Å²) < 4.78 is 4.22. The van der Waals surface area contributed by atoms with Crippen molar-refractivity contribution in [1.29, 1.82) is 0 Å². The number of hydrogen-bond donors (Lipinski definition) is 1. The Balaban J connectivity index is 0.000000360. The van der Waals surface area contributed by atoms with Gasteiger partial charge in [0.05, 0.1) is 0 Å². The van der Waals surface area contributed by atoms with Crippen molar-refractivity contribution < 1.29 is 4.42 Å². The lowest BCUT2D eigenvalue weighted by Gasteiger charge is -1.51. The number of aromatic nitrogens is 1. The molecule has 0 atom stereocenters. The molecular formula is C4H7NO2. The summed E-state index contributed by atoms with van der Waals surface area (Å²) in [5.74, 6) is -0.407. The molecule has 0 saturated heterocycles. The van der Waals surface area contributed by atoms with Gasteiger partial charge in [-0.3, -0.25) is 4.98 Å². The van der Waals surface area contributed by atoms with Crippen molar-refractivity contribution in [3.63, 3.8) is 0 Å². The standard InChI is InChI=1S/C3H3NO2.CH4/c5-3-4-1-2-6-3;/h1-2H,(H,4,5);1H4. The fourth-order valence-corrected chi connectivity index (χ4v) is 0.232. The average molecular weight is 101 g/mol. The SMILES string of the molecule is C.O=c1[nH]cco1. The molecule has 0 spiro atoms. The van der Waals surface area contributed by atoms with Crippen molar-refractivity contribution in [3.8, 4) is 0 Å². The third kappa shape index (κ3) is 1.26. The molecule has 7 heavy (non-hydrogen) atoms. The number of aromatic amines is 1. The Kier molecular flexibility index (Phi) is 1.91. The molecule has 0 fully saturated rings. The minimum Gasteiger partial charge on any atom is -0.417 e. The average Bonchev–Trinajstić information content (AvgIpc) is 1.86. The van der Waals surface area contributed by atoms with Crippen LogP contribution in [0.4, 0.5) is 0 Å². The van der Waals surface area contributed by atoms with E-state index in [0.29, 0.717) is 0 Å². The van der Waals surface area contributed by atoms with E-state index in [1.54, 1.807) is 0 Å². The van der Waals surface area contributed by atoms with E-state index in [4.69, 9.17) is 0 Å². The summed E-state index contributed by atoms with van der Waals surface area (Å²) in [4.78, 5) is 12.1. The highest BCUT2D eigenvalue weighted by molar-refractivity contribution is 4.58. The predicted octanol–water partition coefficient (Wildman–Crippen LogP) is 0.604. The summed E-state index contributed by atoms with van der Waals surface area (Å²) >= 11 is 0. The molecule has 1 aromatic heterocycles. The maximum absolute atomic E-state index is 9.85. The molecule has 0 amide bonds. The molecule has 3 nitrogen and oxygen atoms in total. The van der Waals surface area contributed by atoms with Gasteiger partial charge < -0.3 is 4.42 Å². The molecule has 1 N–H and O–H groups in total. The van der Waals surface area contributed by atoms with E-state index in [-0.39, 0.29) is 7.43 Å². The van der Waals surface area contributed by atoms with Crippen LogP contribution in [0.1, 0.15) is 7.43 Å². The summed E-state index contributed by atoms with van der Waals surface area (Å²) in [6, 6.07) is 0. The largest absolute Gasteiger partial charge is 0.417 e. The third-order valence-corrected chi connectivity index (χ3v) is 0.444. The van der Waals surface area contributed by atoms with Crippen molar-refractivity contribution in [2.45, 2.75) is 7.43 Å². The Hall–Kier alpha value is -0.990. The maximum atomic E-state index is 9.85. The van der Waals surface area contributed by atoms with Gasteiger partial charge in [0.1, 0.15) is 6.26 Å². The van der Waals surface area contributed by atoms with Crippen LogP contribution < -0.4 is 5.76 Å². The summed E-state index contributed by atoms with van der Waals surface area (Å²) in [7, 11) is 0. The van der Waals surface area contributed by atoms with E-state index in [2.05, 4.69) is 9.40 Å². The van der Waals surface area contributed by atoms with Crippen LogP contribution in [0.2, 0.25) is 0 Å². The quantitative estimate of drug-likeness (QED) is 0.520. The monoisotopic (exact) mass is 101 g/mol. The first-order valence-electron chi connectivity index (χ1n) is 1.52. The van der Waals surface area contributed by atoms with E-state index >= 15 is 0 Å². The molecule has 0 aliphatic heterocycles. The molecule has 0 saturated carbocycles. The Morgan fingerprint density at radius 2 is 2.43 bits per heavy atom. The lowest BCUT2D eigenvalue weighted by molar-refractivity contribution is 0.515. The molecular weight excluding hydrogens is 94.0 g/mol. The second-order valence-corrected chi connectivity index (χ2v) is 0.852. The van der Waals surface area contributed by atoms with Gasteiger partial charge in [0, 0.05) is 6.20 Å². The number of nitrogens with one attached hydrogen (secondary N) is 1. The molecule has 1 heterocycles. The zero-order valence-electron chi connectivity index (χ0n) is 2.97. The van der Waals surface area contributed by atoms with Crippen LogP contribution in [-0.2, 0) is 0 Å². The highest BCUT2D eigenvalue weighted by Gasteiger charge is 1.72. The fourth-order valence-electron chi connectivity index (χ4n) is 0.232. The zero-order chi connectivity index (χ0) is 4.41. The number of oxazole rings is 1. The van der Waals surface area contributed by atoms with Crippen molar-refractivity contribution in [3.05, 3.63) is 23.0 Å².